The van der Waals surface area contributed by atoms with Gasteiger partial charge in [0.05, 0.1) is 11.4 Å². The molecule has 0 spiro atoms. The minimum Gasteiger partial charge on any atom is -0.375 e. The molecule has 0 aliphatic rings. The smallest absolute Gasteiger partial charge is 0.180 e. The first-order chi connectivity index (χ1) is 8.06. The molecule has 5 heteroatoms. The molecule has 0 aliphatic carbocycles. The van der Waals surface area contributed by atoms with E-state index in [4.69, 9.17) is 5.73 Å². The van der Waals surface area contributed by atoms with Crippen LogP contribution in [0.4, 0.5) is 5.13 Å². The van der Waals surface area contributed by atoms with Gasteiger partial charge in [0.25, 0.3) is 0 Å². The van der Waals surface area contributed by atoms with Gasteiger partial charge in [-0.05, 0) is 12.2 Å². The highest BCUT2D eigenvalue weighted by Gasteiger charge is 2.06. The molecule has 2 aromatic heterocycles. The van der Waals surface area contributed by atoms with Crippen molar-refractivity contribution in [1.29, 1.82) is 0 Å². The largest absolute Gasteiger partial charge is 0.375 e. The van der Waals surface area contributed by atoms with Gasteiger partial charge >= 0.3 is 0 Å². The van der Waals surface area contributed by atoms with E-state index in [-0.39, 0.29) is 0 Å². The Hall–Kier alpha value is -1.62. The maximum absolute atomic E-state index is 5.57. The van der Waals surface area contributed by atoms with Crippen LogP contribution in [-0.2, 0) is 7.05 Å². The van der Waals surface area contributed by atoms with Gasteiger partial charge in [0.15, 0.2) is 5.13 Å². The first-order valence-electron chi connectivity index (χ1n) is 5.48. The minimum atomic E-state index is 0.428. The molecule has 2 aromatic rings. The zero-order chi connectivity index (χ0) is 12.4. The number of hydrogen-bond donors (Lipinski definition) is 1. The molecule has 0 amide bonds. The van der Waals surface area contributed by atoms with Crippen molar-refractivity contribution in [2.24, 2.45) is 7.05 Å². The molecule has 2 N–H and O–H groups in total. The van der Waals surface area contributed by atoms with Crippen molar-refractivity contribution < 1.29 is 0 Å². The Kier molecular flexibility index (Phi) is 3.28. The van der Waals surface area contributed by atoms with Crippen LogP contribution in [0, 0.1) is 0 Å². The fourth-order valence-corrected chi connectivity index (χ4v) is 2.20. The van der Waals surface area contributed by atoms with Crippen LogP contribution >= 0.6 is 11.3 Å². The minimum absolute atomic E-state index is 0.428. The summed E-state index contributed by atoms with van der Waals surface area (Å²) in [5, 5.41) is 2.52. The molecule has 0 bridgehead atoms. The highest BCUT2D eigenvalue weighted by atomic mass is 32.1. The van der Waals surface area contributed by atoms with Gasteiger partial charge in [-0.2, -0.15) is 0 Å². The van der Waals surface area contributed by atoms with E-state index in [9.17, 15) is 0 Å². The lowest BCUT2D eigenvalue weighted by molar-refractivity contribution is 0.711. The van der Waals surface area contributed by atoms with Gasteiger partial charge in [0.1, 0.15) is 5.82 Å². The normalized spacial score (nSPS) is 11.8. The average molecular weight is 248 g/mol. The first kappa shape index (κ1) is 11.9. The molecular weight excluding hydrogens is 232 g/mol. The van der Waals surface area contributed by atoms with E-state index in [0.717, 1.165) is 17.2 Å². The zero-order valence-electron chi connectivity index (χ0n) is 10.2. The molecule has 0 atom stereocenters. The van der Waals surface area contributed by atoms with Crippen molar-refractivity contribution >= 4 is 28.6 Å². The fourth-order valence-electron chi connectivity index (χ4n) is 1.67. The Balaban J connectivity index is 2.19. The topological polar surface area (TPSA) is 56.7 Å². The van der Waals surface area contributed by atoms with Crippen LogP contribution in [0.1, 0.15) is 37.0 Å². The highest BCUT2D eigenvalue weighted by Crippen LogP contribution is 2.16. The van der Waals surface area contributed by atoms with E-state index in [0.29, 0.717) is 11.0 Å². The molecule has 0 saturated carbocycles. The van der Waals surface area contributed by atoms with Gasteiger partial charge in [0, 0.05) is 24.5 Å². The van der Waals surface area contributed by atoms with Crippen LogP contribution in [0.2, 0.25) is 0 Å². The Labute approximate surface area is 105 Å². The van der Waals surface area contributed by atoms with Gasteiger partial charge in [-0.15, -0.1) is 11.3 Å². The van der Waals surface area contributed by atoms with Crippen LogP contribution in [0.3, 0.4) is 0 Å². The zero-order valence-corrected chi connectivity index (χ0v) is 11.0. The lowest BCUT2D eigenvalue weighted by Crippen LogP contribution is -1.98. The second-order valence-corrected chi connectivity index (χ2v) is 5.12. The van der Waals surface area contributed by atoms with E-state index in [1.54, 1.807) is 0 Å². The van der Waals surface area contributed by atoms with Crippen molar-refractivity contribution in [2.75, 3.05) is 5.73 Å². The van der Waals surface area contributed by atoms with Crippen LogP contribution in [0.5, 0.6) is 0 Å². The SMILES string of the molecule is CC(C)c1nc(C=Cc2csc(N)n2)cn1C. The standard InChI is InChI=1S/C12H16N4S/c1-8(2)11-14-9(6-16(11)3)4-5-10-7-17-12(13)15-10/h4-8H,1-3H3,(H2,13,15). The van der Waals surface area contributed by atoms with Crippen LogP contribution in [-0.4, -0.2) is 14.5 Å². The lowest BCUT2D eigenvalue weighted by Gasteiger charge is -2.02. The number of imidazole rings is 1. The van der Waals surface area contributed by atoms with Gasteiger partial charge in [0.2, 0.25) is 0 Å². The summed E-state index contributed by atoms with van der Waals surface area (Å²) in [6.45, 7) is 4.27. The van der Waals surface area contributed by atoms with Crippen LogP contribution in [0.25, 0.3) is 12.2 Å². The number of aromatic nitrogens is 3. The summed E-state index contributed by atoms with van der Waals surface area (Å²) < 4.78 is 2.06. The molecule has 0 unspecified atom stereocenters. The predicted octanol–water partition coefficient (Wildman–Crippen LogP) is 2.75. The summed E-state index contributed by atoms with van der Waals surface area (Å²) >= 11 is 1.44. The summed E-state index contributed by atoms with van der Waals surface area (Å²) in [6, 6.07) is 0. The van der Waals surface area contributed by atoms with Gasteiger partial charge < -0.3 is 10.3 Å². The van der Waals surface area contributed by atoms with E-state index < -0.39 is 0 Å². The number of rotatable bonds is 3. The number of nitrogen functional groups attached to an aromatic ring is 1. The number of anilines is 1. The maximum Gasteiger partial charge on any atom is 0.180 e. The van der Waals surface area contributed by atoms with Crippen molar-refractivity contribution in [3.8, 4) is 0 Å². The molecule has 17 heavy (non-hydrogen) atoms. The van der Waals surface area contributed by atoms with Gasteiger partial charge in [-0.1, -0.05) is 13.8 Å². The van der Waals surface area contributed by atoms with Crippen molar-refractivity contribution in [1.82, 2.24) is 14.5 Å². The van der Waals surface area contributed by atoms with E-state index >= 15 is 0 Å². The third kappa shape index (κ3) is 2.74. The molecule has 0 radical (unpaired) electrons. The second kappa shape index (κ2) is 4.71. The molecule has 0 fully saturated rings. The molecule has 2 rings (SSSR count). The van der Waals surface area contributed by atoms with E-state index in [1.165, 1.54) is 11.3 Å². The summed E-state index contributed by atoms with van der Waals surface area (Å²) in [4.78, 5) is 8.72. The second-order valence-electron chi connectivity index (χ2n) is 4.23. The number of hydrogen-bond acceptors (Lipinski definition) is 4. The summed E-state index contributed by atoms with van der Waals surface area (Å²) in [5.41, 5.74) is 7.40. The number of aryl methyl sites for hydroxylation is 1. The highest BCUT2D eigenvalue weighted by molar-refractivity contribution is 7.13. The number of nitrogens with zero attached hydrogens (tertiary/aromatic N) is 3. The maximum atomic E-state index is 5.57. The van der Waals surface area contributed by atoms with Crippen molar-refractivity contribution in [3.63, 3.8) is 0 Å². The Bertz CT molecular complexity index is 536. The van der Waals surface area contributed by atoms with Gasteiger partial charge in [-0.25, -0.2) is 9.97 Å². The Morgan fingerprint density at radius 1 is 1.29 bits per heavy atom. The van der Waals surface area contributed by atoms with Crippen LogP contribution < -0.4 is 5.73 Å². The molecule has 0 aliphatic heterocycles. The molecule has 2 heterocycles. The summed E-state index contributed by atoms with van der Waals surface area (Å²) in [7, 11) is 2.01. The van der Waals surface area contributed by atoms with Gasteiger partial charge in [-0.3, -0.25) is 0 Å². The van der Waals surface area contributed by atoms with Crippen molar-refractivity contribution in [3.05, 3.63) is 28.8 Å². The van der Waals surface area contributed by atoms with E-state index in [1.807, 2.05) is 30.8 Å². The third-order valence-electron chi connectivity index (χ3n) is 2.41. The monoisotopic (exact) mass is 248 g/mol. The van der Waals surface area contributed by atoms with Crippen LogP contribution in [0.15, 0.2) is 11.6 Å². The fraction of sp³-hybridized carbons (Fsp3) is 0.333. The van der Waals surface area contributed by atoms with E-state index in [2.05, 4.69) is 28.4 Å². The molecule has 4 nitrogen and oxygen atoms in total. The lowest BCUT2D eigenvalue weighted by atomic mass is 10.2. The van der Waals surface area contributed by atoms with Crippen molar-refractivity contribution in [2.45, 2.75) is 19.8 Å². The molecule has 90 valence electrons. The predicted molar refractivity (Wildman–Crippen MR) is 72.8 cm³/mol. The average Bonchev–Trinajstić information content (AvgIpc) is 2.82. The Morgan fingerprint density at radius 2 is 2.00 bits per heavy atom. The molecule has 0 aromatic carbocycles. The number of nitrogens with two attached hydrogens (primary N) is 1. The first-order valence-corrected chi connectivity index (χ1v) is 6.36. The Morgan fingerprint density at radius 3 is 2.53 bits per heavy atom. The number of thiazole rings is 1. The summed E-state index contributed by atoms with van der Waals surface area (Å²) in [6.07, 6.45) is 5.90. The molecular formula is C12H16N4S. The quantitative estimate of drug-likeness (QED) is 0.908. The molecule has 0 saturated heterocycles. The summed E-state index contributed by atoms with van der Waals surface area (Å²) in [5.74, 6) is 1.51. The third-order valence-corrected chi connectivity index (χ3v) is 3.10.